The summed E-state index contributed by atoms with van der Waals surface area (Å²) >= 11 is 0. The van der Waals surface area contributed by atoms with Gasteiger partial charge >= 0.3 is 6.01 Å². The van der Waals surface area contributed by atoms with Gasteiger partial charge in [-0.2, -0.15) is 15.0 Å². The van der Waals surface area contributed by atoms with E-state index in [0.717, 1.165) is 6.42 Å². The van der Waals surface area contributed by atoms with Crippen LogP contribution in [0.25, 0.3) is 0 Å². The van der Waals surface area contributed by atoms with Crippen molar-refractivity contribution in [2.45, 2.75) is 39.7 Å². The molecule has 0 saturated carbocycles. The third kappa shape index (κ3) is 4.35. The summed E-state index contributed by atoms with van der Waals surface area (Å²) in [6, 6.07) is 0.629. The lowest BCUT2D eigenvalue weighted by molar-refractivity contribution is 0.379. The van der Waals surface area contributed by atoms with Crippen LogP contribution in [0, 0.1) is 5.92 Å². The number of aromatic nitrogens is 3. The highest BCUT2D eigenvalue weighted by molar-refractivity contribution is 5.35. The lowest BCUT2D eigenvalue weighted by Crippen LogP contribution is -2.20. The minimum atomic E-state index is 0.313. The molecule has 1 aromatic rings. The Kier molecular flexibility index (Phi) is 5.61. The first-order valence-electron chi connectivity index (χ1n) is 6.33. The Morgan fingerprint density at radius 3 is 2.39 bits per heavy atom. The van der Waals surface area contributed by atoms with E-state index in [-0.39, 0.29) is 0 Å². The molecule has 0 fully saturated rings. The molecular weight excluding hydrogens is 230 g/mol. The highest BCUT2D eigenvalue weighted by Gasteiger charge is 2.11. The van der Waals surface area contributed by atoms with E-state index in [0.29, 0.717) is 29.9 Å². The molecule has 2 unspecified atom stereocenters. The fourth-order valence-electron chi connectivity index (χ4n) is 1.67. The average molecular weight is 253 g/mol. The molecule has 0 saturated heterocycles. The largest absolute Gasteiger partial charge is 0.467 e. The summed E-state index contributed by atoms with van der Waals surface area (Å²) in [5.74, 6) is 1.72. The summed E-state index contributed by atoms with van der Waals surface area (Å²) in [6.45, 7) is 6.56. The Labute approximate surface area is 109 Å². The zero-order valence-electron chi connectivity index (χ0n) is 11.8. The van der Waals surface area contributed by atoms with Crippen molar-refractivity contribution in [2.24, 2.45) is 5.92 Å². The van der Waals surface area contributed by atoms with E-state index in [1.165, 1.54) is 6.42 Å². The van der Waals surface area contributed by atoms with Crippen molar-refractivity contribution in [1.29, 1.82) is 0 Å². The number of hydrogen-bond acceptors (Lipinski definition) is 6. The molecule has 1 heterocycles. The van der Waals surface area contributed by atoms with Crippen LogP contribution >= 0.6 is 0 Å². The number of hydrogen-bond donors (Lipinski definition) is 2. The molecule has 6 nitrogen and oxygen atoms in total. The molecular formula is C12H23N5O. The van der Waals surface area contributed by atoms with Crippen molar-refractivity contribution in [2.75, 3.05) is 24.8 Å². The normalized spacial score (nSPS) is 13.8. The molecule has 2 atom stereocenters. The van der Waals surface area contributed by atoms with Crippen molar-refractivity contribution in [3.63, 3.8) is 0 Å². The molecule has 0 aromatic carbocycles. The zero-order valence-corrected chi connectivity index (χ0v) is 11.8. The molecule has 0 bridgehead atoms. The van der Waals surface area contributed by atoms with Crippen LogP contribution in [-0.2, 0) is 0 Å². The topological polar surface area (TPSA) is 72.0 Å². The maximum Gasteiger partial charge on any atom is 0.322 e. The SMILES string of the molecule is CCC(C)CC(C)Nc1nc(NC)nc(OC)n1. The third-order valence-corrected chi connectivity index (χ3v) is 2.85. The molecule has 1 aromatic heterocycles. The fraction of sp³-hybridized carbons (Fsp3) is 0.750. The number of methoxy groups -OCH3 is 1. The van der Waals surface area contributed by atoms with Crippen LogP contribution in [-0.4, -0.2) is 35.2 Å². The molecule has 6 heteroatoms. The van der Waals surface area contributed by atoms with Crippen molar-refractivity contribution in [3.8, 4) is 6.01 Å². The second-order valence-corrected chi connectivity index (χ2v) is 4.51. The zero-order chi connectivity index (χ0) is 13.5. The summed E-state index contributed by atoms with van der Waals surface area (Å²) in [7, 11) is 3.31. The van der Waals surface area contributed by atoms with E-state index >= 15 is 0 Å². The lowest BCUT2D eigenvalue weighted by atomic mass is 10.0. The van der Waals surface area contributed by atoms with Gasteiger partial charge in [0.05, 0.1) is 7.11 Å². The quantitative estimate of drug-likeness (QED) is 0.776. The van der Waals surface area contributed by atoms with Crippen molar-refractivity contribution in [1.82, 2.24) is 15.0 Å². The van der Waals surface area contributed by atoms with Gasteiger partial charge in [0.1, 0.15) is 0 Å². The Hall–Kier alpha value is -1.59. The summed E-state index contributed by atoms with van der Waals surface area (Å²) in [4.78, 5) is 12.5. The Balaban J connectivity index is 2.70. The van der Waals surface area contributed by atoms with Gasteiger partial charge in [-0.25, -0.2) is 0 Å². The van der Waals surface area contributed by atoms with Crippen LogP contribution < -0.4 is 15.4 Å². The van der Waals surface area contributed by atoms with Gasteiger partial charge in [-0.05, 0) is 19.3 Å². The second kappa shape index (κ2) is 6.98. The number of rotatable bonds is 7. The van der Waals surface area contributed by atoms with Crippen molar-refractivity contribution >= 4 is 11.9 Å². The predicted molar refractivity (Wildman–Crippen MR) is 73.1 cm³/mol. The maximum atomic E-state index is 5.04. The monoisotopic (exact) mass is 253 g/mol. The van der Waals surface area contributed by atoms with Crippen molar-refractivity contribution < 1.29 is 4.74 Å². The summed E-state index contributed by atoms with van der Waals surface area (Å²) in [5, 5.41) is 6.16. The first-order chi connectivity index (χ1) is 8.58. The highest BCUT2D eigenvalue weighted by atomic mass is 16.5. The van der Waals surface area contributed by atoms with Crippen LogP contribution in [0.3, 0.4) is 0 Å². The summed E-state index contributed by atoms with van der Waals surface area (Å²) in [6.07, 6.45) is 2.26. The number of ether oxygens (including phenoxy) is 1. The van der Waals surface area contributed by atoms with E-state index in [9.17, 15) is 0 Å². The first-order valence-corrected chi connectivity index (χ1v) is 6.33. The highest BCUT2D eigenvalue weighted by Crippen LogP contribution is 2.15. The number of nitrogens with zero attached hydrogens (tertiary/aromatic N) is 3. The van der Waals surface area contributed by atoms with E-state index < -0.39 is 0 Å². The van der Waals surface area contributed by atoms with Gasteiger partial charge in [-0.1, -0.05) is 20.3 Å². The predicted octanol–water partition coefficient (Wildman–Crippen LogP) is 2.16. The van der Waals surface area contributed by atoms with Crippen LogP contribution in [0.1, 0.15) is 33.6 Å². The van der Waals surface area contributed by atoms with Gasteiger partial charge in [-0.3, -0.25) is 0 Å². The number of nitrogens with one attached hydrogen (secondary N) is 2. The van der Waals surface area contributed by atoms with Gasteiger partial charge in [-0.15, -0.1) is 0 Å². The second-order valence-electron chi connectivity index (χ2n) is 4.51. The van der Waals surface area contributed by atoms with Gasteiger partial charge in [0, 0.05) is 13.1 Å². The van der Waals surface area contributed by atoms with Gasteiger partial charge in [0.15, 0.2) is 0 Å². The molecule has 0 spiro atoms. The molecule has 0 amide bonds. The van der Waals surface area contributed by atoms with E-state index in [2.05, 4.69) is 46.4 Å². The van der Waals surface area contributed by atoms with E-state index in [1.807, 2.05) is 0 Å². The Bertz CT molecular complexity index is 349. The van der Waals surface area contributed by atoms with E-state index in [1.54, 1.807) is 14.2 Å². The molecule has 0 aliphatic carbocycles. The molecule has 0 aliphatic rings. The first kappa shape index (κ1) is 14.5. The van der Waals surface area contributed by atoms with Gasteiger partial charge in [0.2, 0.25) is 11.9 Å². The minimum Gasteiger partial charge on any atom is -0.467 e. The van der Waals surface area contributed by atoms with Crippen LogP contribution in [0.15, 0.2) is 0 Å². The average Bonchev–Trinajstić information content (AvgIpc) is 2.37. The van der Waals surface area contributed by atoms with Gasteiger partial charge in [0.25, 0.3) is 0 Å². The minimum absolute atomic E-state index is 0.313. The maximum absolute atomic E-state index is 5.04. The summed E-state index contributed by atoms with van der Waals surface area (Å²) in [5.41, 5.74) is 0. The lowest BCUT2D eigenvalue weighted by Gasteiger charge is -2.17. The van der Waals surface area contributed by atoms with Gasteiger partial charge < -0.3 is 15.4 Å². The summed E-state index contributed by atoms with van der Waals surface area (Å²) < 4.78 is 5.04. The Morgan fingerprint density at radius 2 is 1.83 bits per heavy atom. The van der Waals surface area contributed by atoms with Crippen LogP contribution in [0.4, 0.5) is 11.9 Å². The number of anilines is 2. The fourth-order valence-corrected chi connectivity index (χ4v) is 1.67. The molecule has 102 valence electrons. The third-order valence-electron chi connectivity index (χ3n) is 2.85. The molecule has 2 N–H and O–H groups in total. The van der Waals surface area contributed by atoms with Crippen molar-refractivity contribution in [3.05, 3.63) is 0 Å². The smallest absolute Gasteiger partial charge is 0.322 e. The molecule has 0 radical (unpaired) electrons. The van der Waals surface area contributed by atoms with E-state index in [4.69, 9.17) is 4.74 Å². The Morgan fingerprint density at radius 1 is 1.17 bits per heavy atom. The van der Waals surface area contributed by atoms with Crippen LogP contribution in [0.5, 0.6) is 6.01 Å². The van der Waals surface area contributed by atoms with Crippen LogP contribution in [0.2, 0.25) is 0 Å². The molecule has 0 aliphatic heterocycles. The standard InChI is InChI=1S/C12H23N5O/c1-6-8(2)7-9(3)14-11-15-10(13-4)16-12(17-11)18-5/h8-9H,6-7H2,1-5H3,(H2,13,14,15,16,17). The molecule has 18 heavy (non-hydrogen) atoms. The molecule has 1 rings (SSSR count).